The van der Waals surface area contributed by atoms with Gasteiger partial charge in [0.2, 0.25) is 0 Å². The van der Waals surface area contributed by atoms with Crippen molar-refractivity contribution in [3.8, 4) is 0 Å². The first-order valence-electron chi connectivity index (χ1n) is 6.44. The van der Waals surface area contributed by atoms with Gasteiger partial charge in [-0.1, -0.05) is 18.2 Å². The van der Waals surface area contributed by atoms with Gasteiger partial charge in [-0.3, -0.25) is 9.69 Å². The maximum absolute atomic E-state index is 11.0. The molecule has 1 aromatic rings. The topological polar surface area (TPSA) is 40.5 Å². The SMILES string of the molecule is O=C(O)C1CCN(C2CCSc3ccccc32)C1. The summed E-state index contributed by atoms with van der Waals surface area (Å²) in [6.07, 6.45) is 1.93. The molecule has 96 valence electrons. The maximum Gasteiger partial charge on any atom is 0.307 e. The Labute approximate surface area is 111 Å². The van der Waals surface area contributed by atoms with E-state index in [-0.39, 0.29) is 5.92 Å². The van der Waals surface area contributed by atoms with Gasteiger partial charge in [0.15, 0.2) is 0 Å². The van der Waals surface area contributed by atoms with Crippen molar-refractivity contribution in [3.63, 3.8) is 0 Å². The Morgan fingerprint density at radius 1 is 1.33 bits per heavy atom. The molecule has 18 heavy (non-hydrogen) atoms. The predicted molar refractivity (Wildman–Crippen MR) is 71.8 cm³/mol. The number of benzene rings is 1. The molecule has 4 heteroatoms. The van der Waals surface area contributed by atoms with Gasteiger partial charge < -0.3 is 5.11 Å². The summed E-state index contributed by atoms with van der Waals surface area (Å²) in [5.74, 6) is 0.318. The van der Waals surface area contributed by atoms with E-state index in [9.17, 15) is 4.79 Å². The first-order valence-corrected chi connectivity index (χ1v) is 7.43. The summed E-state index contributed by atoms with van der Waals surface area (Å²) in [5, 5.41) is 9.09. The Morgan fingerprint density at radius 2 is 2.17 bits per heavy atom. The highest BCUT2D eigenvalue weighted by atomic mass is 32.2. The number of aliphatic carboxylic acids is 1. The molecule has 0 aliphatic carbocycles. The highest BCUT2D eigenvalue weighted by Gasteiger charge is 2.34. The second kappa shape index (κ2) is 4.94. The Balaban J connectivity index is 1.80. The van der Waals surface area contributed by atoms with Crippen molar-refractivity contribution in [2.45, 2.75) is 23.8 Å². The fraction of sp³-hybridized carbons (Fsp3) is 0.500. The van der Waals surface area contributed by atoms with Crippen LogP contribution >= 0.6 is 11.8 Å². The molecule has 2 unspecified atom stereocenters. The second-order valence-corrected chi connectivity index (χ2v) is 6.15. The zero-order chi connectivity index (χ0) is 12.5. The molecule has 2 heterocycles. The van der Waals surface area contributed by atoms with Crippen LogP contribution < -0.4 is 0 Å². The first kappa shape index (κ1) is 12.1. The molecule has 0 radical (unpaired) electrons. The van der Waals surface area contributed by atoms with Gasteiger partial charge >= 0.3 is 5.97 Å². The molecule has 0 aromatic heterocycles. The molecule has 0 amide bonds. The van der Waals surface area contributed by atoms with E-state index in [2.05, 4.69) is 29.2 Å². The maximum atomic E-state index is 11.0. The summed E-state index contributed by atoms with van der Waals surface area (Å²) >= 11 is 1.92. The molecule has 2 aliphatic heterocycles. The highest BCUT2D eigenvalue weighted by molar-refractivity contribution is 7.99. The molecule has 0 spiro atoms. The van der Waals surface area contributed by atoms with Crippen LogP contribution in [-0.2, 0) is 4.79 Å². The fourth-order valence-corrected chi connectivity index (χ4v) is 4.08. The summed E-state index contributed by atoms with van der Waals surface area (Å²) in [5.41, 5.74) is 1.39. The zero-order valence-electron chi connectivity index (χ0n) is 10.2. The van der Waals surface area contributed by atoms with Gasteiger partial charge in [-0.25, -0.2) is 0 Å². The molecule has 2 aliphatic rings. The van der Waals surface area contributed by atoms with E-state index in [1.54, 1.807) is 0 Å². The van der Waals surface area contributed by atoms with E-state index in [1.807, 2.05) is 11.8 Å². The van der Waals surface area contributed by atoms with E-state index in [4.69, 9.17) is 5.11 Å². The Morgan fingerprint density at radius 3 is 2.94 bits per heavy atom. The molecule has 1 aromatic carbocycles. The summed E-state index contributed by atoms with van der Waals surface area (Å²) in [7, 11) is 0. The van der Waals surface area contributed by atoms with Crippen LogP contribution in [0.3, 0.4) is 0 Å². The van der Waals surface area contributed by atoms with Crippen molar-refractivity contribution in [1.29, 1.82) is 0 Å². The Bertz CT molecular complexity index is 463. The molecule has 2 atom stereocenters. The van der Waals surface area contributed by atoms with Crippen molar-refractivity contribution in [1.82, 2.24) is 4.90 Å². The minimum Gasteiger partial charge on any atom is -0.481 e. The van der Waals surface area contributed by atoms with Gasteiger partial charge in [0.1, 0.15) is 0 Å². The largest absolute Gasteiger partial charge is 0.481 e. The number of fused-ring (bicyclic) bond motifs is 1. The van der Waals surface area contributed by atoms with Crippen LogP contribution in [0.5, 0.6) is 0 Å². The molecule has 0 saturated carbocycles. The third kappa shape index (κ3) is 2.15. The molecule has 0 bridgehead atoms. The van der Waals surface area contributed by atoms with E-state index in [0.29, 0.717) is 12.6 Å². The monoisotopic (exact) mass is 263 g/mol. The number of hydrogen-bond donors (Lipinski definition) is 1. The molecule has 1 N–H and O–H groups in total. The summed E-state index contributed by atoms with van der Waals surface area (Å²) in [6, 6.07) is 8.96. The number of carboxylic acid groups (broad SMARTS) is 1. The van der Waals surface area contributed by atoms with E-state index in [0.717, 1.165) is 25.1 Å². The third-order valence-corrected chi connectivity index (χ3v) is 5.06. The normalized spacial score (nSPS) is 28.0. The van der Waals surface area contributed by atoms with Gasteiger partial charge in [-0.2, -0.15) is 0 Å². The Hall–Kier alpha value is -1.00. The number of carboxylic acids is 1. The lowest BCUT2D eigenvalue weighted by Gasteiger charge is -2.32. The zero-order valence-corrected chi connectivity index (χ0v) is 11.0. The van der Waals surface area contributed by atoms with E-state index in [1.165, 1.54) is 10.5 Å². The van der Waals surface area contributed by atoms with Crippen molar-refractivity contribution in [3.05, 3.63) is 29.8 Å². The summed E-state index contributed by atoms with van der Waals surface area (Å²) < 4.78 is 0. The van der Waals surface area contributed by atoms with Crippen LogP contribution in [-0.4, -0.2) is 34.8 Å². The lowest BCUT2D eigenvalue weighted by molar-refractivity contribution is -0.141. The lowest BCUT2D eigenvalue weighted by atomic mass is 10.0. The summed E-state index contributed by atoms with van der Waals surface area (Å²) in [4.78, 5) is 14.8. The van der Waals surface area contributed by atoms with Crippen molar-refractivity contribution in [2.75, 3.05) is 18.8 Å². The van der Waals surface area contributed by atoms with Gasteiger partial charge in [0.05, 0.1) is 5.92 Å². The summed E-state index contributed by atoms with van der Waals surface area (Å²) in [6.45, 7) is 1.62. The number of carbonyl (C=O) groups is 1. The van der Waals surface area contributed by atoms with E-state index >= 15 is 0 Å². The average molecular weight is 263 g/mol. The van der Waals surface area contributed by atoms with Crippen molar-refractivity contribution in [2.24, 2.45) is 5.92 Å². The smallest absolute Gasteiger partial charge is 0.307 e. The van der Waals surface area contributed by atoms with Gasteiger partial charge in [-0.15, -0.1) is 11.8 Å². The number of thioether (sulfide) groups is 1. The molecular weight excluding hydrogens is 246 g/mol. The number of likely N-dealkylation sites (tertiary alicyclic amines) is 1. The number of rotatable bonds is 2. The van der Waals surface area contributed by atoms with Crippen molar-refractivity contribution < 1.29 is 9.90 Å². The quantitative estimate of drug-likeness (QED) is 0.890. The minimum absolute atomic E-state index is 0.174. The van der Waals surface area contributed by atoms with Crippen LogP contribution in [0.15, 0.2) is 29.2 Å². The molecular formula is C14H17NO2S. The molecule has 1 saturated heterocycles. The van der Waals surface area contributed by atoms with Crippen LogP contribution in [0.25, 0.3) is 0 Å². The van der Waals surface area contributed by atoms with Gasteiger partial charge in [-0.05, 0) is 36.8 Å². The second-order valence-electron chi connectivity index (χ2n) is 5.01. The molecule has 3 rings (SSSR count). The molecule has 3 nitrogen and oxygen atoms in total. The van der Waals surface area contributed by atoms with Gasteiger partial charge in [0.25, 0.3) is 0 Å². The first-order chi connectivity index (χ1) is 8.75. The van der Waals surface area contributed by atoms with Crippen molar-refractivity contribution >= 4 is 17.7 Å². The average Bonchev–Trinajstić information content (AvgIpc) is 2.87. The number of hydrogen-bond acceptors (Lipinski definition) is 3. The predicted octanol–water partition coefficient (Wildman–Crippen LogP) is 2.63. The standard InChI is InChI=1S/C14H17NO2S/c16-14(17)10-5-7-15(9-10)12-6-8-18-13-4-2-1-3-11(12)13/h1-4,10,12H,5-9H2,(H,16,17). The number of nitrogens with zero attached hydrogens (tertiary/aromatic N) is 1. The van der Waals surface area contributed by atoms with Crippen LogP contribution in [0.4, 0.5) is 0 Å². The lowest BCUT2D eigenvalue weighted by Crippen LogP contribution is -2.30. The van der Waals surface area contributed by atoms with E-state index < -0.39 is 5.97 Å². The van der Waals surface area contributed by atoms with Crippen LogP contribution in [0, 0.1) is 5.92 Å². The van der Waals surface area contributed by atoms with Gasteiger partial charge in [0, 0.05) is 17.5 Å². The van der Waals surface area contributed by atoms with Crippen LogP contribution in [0.2, 0.25) is 0 Å². The minimum atomic E-state index is -0.643. The van der Waals surface area contributed by atoms with Crippen LogP contribution in [0.1, 0.15) is 24.4 Å². The molecule has 1 fully saturated rings. The fourth-order valence-electron chi connectivity index (χ4n) is 2.97. The Kier molecular flexibility index (Phi) is 3.31. The highest BCUT2D eigenvalue weighted by Crippen LogP contribution is 2.40. The third-order valence-electron chi connectivity index (χ3n) is 3.94.